The number of hydrogen-bond acceptors (Lipinski definition) is 4. The lowest BCUT2D eigenvalue weighted by Crippen LogP contribution is -2.10. The zero-order valence-electron chi connectivity index (χ0n) is 9.36. The van der Waals surface area contributed by atoms with E-state index in [9.17, 15) is 9.59 Å². The molecule has 0 aliphatic heterocycles. The van der Waals surface area contributed by atoms with Crippen LogP contribution >= 0.6 is 11.8 Å². The molecule has 86 valence electrons. The van der Waals surface area contributed by atoms with Crippen molar-refractivity contribution in [2.75, 3.05) is 12.9 Å². The first-order valence-electron chi connectivity index (χ1n) is 4.90. The van der Waals surface area contributed by atoms with Crippen LogP contribution in [0.15, 0.2) is 29.2 Å². The maximum atomic E-state index is 11.3. The van der Waals surface area contributed by atoms with Gasteiger partial charge in [0.05, 0.1) is 12.9 Å². The maximum absolute atomic E-state index is 11.3. The number of carbonyl (C=O) groups excluding carboxylic acids is 2. The number of methoxy groups -OCH3 is 1. The molecule has 3 nitrogen and oxygen atoms in total. The summed E-state index contributed by atoms with van der Waals surface area (Å²) in [4.78, 5) is 23.2. The van der Waals surface area contributed by atoms with Crippen LogP contribution in [0.4, 0.5) is 0 Å². The van der Waals surface area contributed by atoms with Crippen LogP contribution in [-0.4, -0.2) is 24.6 Å². The standard InChI is InChI=1S/C12H14O3S/c1-9-3-5-11(6-4-9)16-8-10(13)7-12(14)15-2/h3-6H,7-8H2,1-2H3. The summed E-state index contributed by atoms with van der Waals surface area (Å²) in [6.07, 6.45) is -0.143. The summed E-state index contributed by atoms with van der Waals surface area (Å²) in [5.74, 6) is -0.287. The molecule has 4 heteroatoms. The molecule has 1 rings (SSSR count). The predicted molar refractivity (Wildman–Crippen MR) is 63.5 cm³/mol. The highest BCUT2D eigenvalue weighted by atomic mass is 32.2. The van der Waals surface area contributed by atoms with Crippen molar-refractivity contribution in [1.29, 1.82) is 0 Å². The lowest BCUT2D eigenvalue weighted by Gasteiger charge is -2.01. The highest BCUT2D eigenvalue weighted by Crippen LogP contribution is 2.18. The number of Topliss-reactive ketones (excluding diaryl/α,β-unsaturated/α-hetero) is 1. The van der Waals surface area contributed by atoms with E-state index in [1.165, 1.54) is 24.4 Å². The minimum absolute atomic E-state index is 0.113. The van der Waals surface area contributed by atoms with Crippen LogP contribution in [0.25, 0.3) is 0 Å². The van der Waals surface area contributed by atoms with Crippen molar-refractivity contribution in [3.05, 3.63) is 29.8 Å². The van der Waals surface area contributed by atoms with Crippen molar-refractivity contribution in [3.63, 3.8) is 0 Å². The van der Waals surface area contributed by atoms with E-state index in [2.05, 4.69) is 4.74 Å². The summed E-state index contributed by atoms with van der Waals surface area (Å²) in [6.45, 7) is 2.01. The maximum Gasteiger partial charge on any atom is 0.313 e. The third kappa shape index (κ3) is 4.49. The molecule has 0 fully saturated rings. The Morgan fingerprint density at radius 3 is 2.44 bits per heavy atom. The monoisotopic (exact) mass is 238 g/mol. The highest BCUT2D eigenvalue weighted by Gasteiger charge is 2.09. The van der Waals surface area contributed by atoms with Crippen molar-refractivity contribution in [2.24, 2.45) is 0 Å². The third-order valence-corrected chi connectivity index (χ3v) is 3.06. The van der Waals surface area contributed by atoms with E-state index in [1.54, 1.807) is 0 Å². The van der Waals surface area contributed by atoms with Crippen LogP contribution in [0.5, 0.6) is 0 Å². The summed E-state index contributed by atoms with van der Waals surface area (Å²) in [6, 6.07) is 7.91. The molecule has 0 saturated heterocycles. The Morgan fingerprint density at radius 1 is 1.25 bits per heavy atom. The molecule has 16 heavy (non-hydrogen) atoms. The van der Waals surface area contributed by atoms with Crippen molar-refractivity contribution >= 4 is 23.5 Å². The van der Waals surface area contributed by atoms with Gasteiger partial charge >= 0.3 is 5.97 Å². The Hall–Kier alpha value is -1.29. The number of aryl methyl sites for hydroxylation is 1. The van der Waals surface area contributed by atoms with Crippen LogP contribution in [0.1, 0.15) is 12.0 Å². The van der Waals surface area contributed by atoms with Crippen LogP contribution in [0, 0.1) is 6.92 Å². The zero-order chi connectivity index (χ0) is 12.0. The van der Waals surface area contributed by atoms with E-state index in [-0.39, 0.29) is 12.2 Å². The van der Waals surface area contributed by atoms with E-state index in [0.717, 1.165) is 4.90 Å². The highest BCUT2D eigenvalue weighted by molar-refractivity contribution is 8.00. The van der Waals surface area contributed by atoms with Gasteiger partial charge in [-0.15, -0.1) is 11.8 Å². The number of rotatable bonds is 5. The average molecular weight is 238 g/mol. The summed E-state index contributed by atoms with van der Waals surface area (Å²) in [7, 11) is 1.28. The van der Waals surface area contributed by atoms with Gasteiger partial charge in [-0.1, -0.05) is 17.7 Å². The van der Waals surface area contributed by atoms with Crippen LogP contribution in [-0.2, 0) is 14.3 Å². The lowest BCUT2D eigenvalue weighted by molar-refractivity contribution is -0.142. The van der Waals surface area contributed by atoms with Gasteiger partial charge in [0.2, 0.25) is 0 Å². The molecule has 0 unspecified atom stereocenters. The summed E-state index contributed by atoms with van der Waals surface area (Å²) >= 11 is 1.43. The van der Waals surface area contributed by atoms with E-state index in [0.29, 0.717) is 5.75 Å². The normalized spacial score (nSPS) is 9.88. The largest absolute Gasteiger partial charge is 0.469 e. The molecule has 1 aromatic rings. The minimum atomic E-state index is -0.477. The summed E-state index contributed by atoms with van der Waals surface area (Å²) in [5, 5.41) is 0. The molecule has 1 aromatic carbocycles. The SMILES string of the molecule is COC(=O)CC(=O)CSc1ccc(C)cc1. The van der Waals surface area contributed by atoms with Gasteiger partial charge < -0.3 is 4.74 Å². The van der Waals surface area contributed by atoms with Crippen molar-refractivity contribution in [3.8, 4) is 0 Å². The Kier molecular flexibility index (Phi) is 5.05. The smallest absolute Gasteiger partial charge is 0.313 e. The van der Waals surface area contributed by atoms with Gasteiger partial charge in [0, 0.05) is 4.90 Å². The van der Waals surface area contributed by atoms with Gasteiger partial charge in [-0.3, -0.25) is 9.59 Å². The lowest BCUT2D eigenvalue weighted by atomic mass is 10.2. The van der Waals surface area contributed by atoms with Gasteiger partial charge in [0.15, 0.2) is 5.78 Å². The van der Waals surface area contributed by atoms with Crippen molar-refractivity contribution in [1.82, 2.24) is 0 Å². The molecule has 0 aliphatic rings. The molecule has 0 saturated carbocycles. The number of benzene rings is 1. The van der Waals surface area contributed by atoms with Gasteiger partial charge in [-0.05, 0) is 19.1 Å². The molecule has 0 amide bonds. The van der Waals surface area contributed by atoms with Crippen LogP contribution in [0.2, 0.25) is 0 Å². The molecular weight excluding hydrogens is 224 g/mol. The first-order valence-corrected chi connectivity index (χ1v) is 5.88. The Morgan fingerprint density at radius 2 is 1.88 bits per heavy atom. The molecule has 0 bridgehead atoms. The van der Waals surface area contributed by atoms with Gasteiger partial charge in [0.25, 0.3) is 0 Å². The van der Waals surface area contributed by atoms with E-state index >= 15 is 0 Å². The molecule has 0 atom stereocenters. The van der Waals surface area contributed by atoms with Gasteiger partial charge in [0.1, 0.15) is 6.42 Å². The molecule has 0 heterocycles. The van der Waals surface area contributed by atoms with E-state index < -0.39 is 5.97 Å². The minimum Gasteiger partial charge on any atom is -0.469 e. The topological polar surface area (TPSA) is 43.4 Å². The molecule has 0 aliphatic carbocycles. The van der Waals surface area contributed by atoms with Crippen molar-refractivity contribution < 1.29 is 14.3 Å². The van der Waals surface area contributed by atoms with E-state index in [1.807, 2.05) is 31.2 Å². The second kappa shape index (κ2) is 6.33. The van der Waals surface area contributed by atoms with Crippen LogP contribution in [0.3, 0.4) is 0 Å². The average Bonchev–Trinajstić information content (AvgIpc) is 2.28. The molecule has 0 spiro atoms. The third-order valence-electron chi connectivity index (χ3n) is 1.99. The van der Waals surface area contributed by atoms with Gasteiger partial charge in [-0.2, -0.15) is 0 Å². The Bertz CT molecular complexity index is 370. The second-order valence-corrected chi connectivity index (χ2v) is 4.44. The fourth-order valence-corrected chi connectivity index (χ4v) is 1.84. The molecular formula is C12H14O3S. The summed E-state index contributed by atoms with van der Waals surface area (Å²) in [5.41, 5.74) is 1.19. The number of hydrogen-bond donors (Lipinski definition) is 0. The van der Waals surface area contributed by atoms with Crippen LogP contribution < -0.4 is 0 Å². The van der Waals surface area contributed by atoms with Gasteiger partial charge in [-0.25, -0.2) is 0 Å². The molecule has 0 radical (unpaired) electrons. The number of esters is 1. The Labute approximate surface area is 99.2 Å². The van der Waals surface area contributed by atoms with E-state index in [4.69, 9.17) is 0 Å². The first kappa shape index (κ1) is 12.8. The Balaban J connectivity index is 2.37. The second-order valence-electron chi connectivity index (χ2n) is 3.39. The number of ether oxygens (including phenoxy) is 1. The molecule has 0 aromatic heterocycles. The summed E-state index contributed by atoms with van der Waals surface area (Å²) < 4.78 is 4.42. The number of thioether (sulfide) groups is 1. The zero-order valence-corrected chi connectivity index (χ0v) is 10.2. The predicted octanol–water partition coefficient (Wildman–Crippen LogP) is 2.22. The fourth-order valence-electron chi connectivity index (χ4n) is 1.08. The molecule has 0 N–H and O–H groups in total. The quantitative estimate of drug-likeness (QED) is 0.448. The van der Waals surface area contributed by atoms with Crippen molar-refractivity contribution in [2.45, 2.75) is 18.2 Å². The first-order chi connectivity index (χ1) is 7.61. The fraction of sp³-hybridized carbons (Fsp3) is 0.333. The number of carbonyl (C=O) groups is 2. The number of ketones is 1.